The fourth-order valence-electron chi connectivity index (χ4n) is 2.53. The van der Waals surface area contributed by atoms with Crippen molar-refractivity contribution in [3.8, 4) is 0 Å². The van der Waals surface area contributed by atoms with E-state index in [-0.39, 0.29) is 15.6 Å². The summed E-state index contributed by atoms with van der Waals surface area (Å²) >= 11 is 5.95. The van der Waals surface area contributed by atoms with E-state index in [0.29, 0.717) is 32.0 Å². The van der Waals surface area contributed by atoms with Crippen LogP contribution in [0.1, 0.15) is 10.5 Å². The minimum atomic E-state index is -3.63. The molecule has 1 saturated heterocycles. The van der Waals surface area contributed by atoms with E-state index in [1.165, 1.54) is 27.3 Å². The van der Waals surface area contributed by atoms with Crippen LogP contribution in [-0.4, -0.2) is 54.7 Å². The van der Waals surface area contributed by atoms with Crippen LogP contribution in [0.15, 0.2) is 35.4 Å². The van der Waals surface area contributed by atoms with Gasteiger partial charge in [0.25, 0.3) is 5.91 Å². The van der Waals surface area contributed by atoms with E-state index in [4.69, 9.17) is 16.3 Å². The maximum absolute atomic E-state index is 12.7. The second-order valence-electron chi connectivity index (χ2n) is 5.46. The quantitative estimate of drug-likeness (QED) is 0.858. The Morgan fingerprint density at radius 2 is 2.04 bits per heavy atom. The molecule has 0 atom stereocenters. The number of sulfonamides is 1. The first-order valence-electron chi connectivity index (χ1n) is 7.56. The Bertz CT molecular complexity index is 871. The monoisotopic (exact) mass is 384 g/mol. The van der Waals surface area contributed by atoms with Crippen molar-refractivity contribution < 1.29 is 17.9 Å². The maximum Gasteiger partial charge on any atom is 0.275 e. The lowest BCUT2D eigenvalue weighted by Gasteiger charge is -2.26. The lowest BCUT2D eigenvalue weighted by Crippen LogP contribution is -2.40. The van der Waals surface area contributed by atoms with E-state index >= 15 is 0 Å². The number of carbonyl (C=O) groups excluding carboxylic acids is 1. The van der Waals surface area contributed by atoms with E-state index in [9.17, 15) is 13.2 Å². The zero-order valence-electron chi connectivity index (χ0n) is 13.5. The van der Waals surface area contributed by atoms with Crippen molar-refractivity contribution in [2.45, 2.75) is 4.90 Å². The molecule has 1 aliphatic rings. The highest BCUT2D eigenvalue weighted by atomic mass is 35.5. The van der Waals surface area contributed by atoms with Gasteiger partial charge >= 0.3 is 0 Å². The van der Waals surface area contributed by atoms with Gasteiger partial charge in [0.2, 0.25) is 10.0 Å². The first-order valence-corrected chi connectivity index (χ1v) is 9.38. The van der Waals surface area contributed by atoms with Crippen molar-refractivity contribution in [1.82, 2.24) is 14.1 Å². The Morgan fingerprint density at radius 1 is 1.32 bits per heavy atom. The predicted molar refractivity (Wildman–Crippen MR) is 92.2 cm³/mol. The summed E-state index contributed by atoms with van der Waals surface area (Å²) < 4.78 is 33.3. The van der Waals surface area contributed by atoms with Crippen LogP contribution in [0.3, 0.4) is 0 Å². The standard InChI is InChI=1S/C15H17ClN4O4S/c1-19-14(13(16)10-17-19)15(21)18-11-3-2-4-12(9-11)25(22,23)20-5-7-24-8-6-20/h2-4,9-10H,5-8H2,1H3,(H,18,21). The molecule has 10 heteroatoms. The minimum absolute atomic E-state index is 0.114. The Kier molecular flexibility index (Phi) is 5.09. The molecule has 0 saturated carbocycles. The van der Waals surface area contributed by atoms with Gasteiger partial charge in [0, 0.05) is 25.8 Å². The number of hydrogen-bond donors (Lipinski definition) is 1. The third-order valence-corrected chi connectivity index (χ3v) is 5.98. The molecule has 25 heavy (non-hydrogen) atoms. The number of halogens is 1. The molecule has 1 aromatic carbocycles. The number of aryl methyl sites for hydroxylation is 1. The lowest BCUT2D eigenvalue weighted by atomic mass is 10.3. The molecule has 0 radical (unpaired) electrons. The molecule has 0 bridgehead atoms. The third kappa shape index (κ3) is 3.69. The predicted octanol–water partition coefficient (Wildman–Crippen LogP) is 1.35. The largest absolute Gasteiger partial charge is 0.379 e. The number of aromatic nitrogens is 2. The molecule has 1 aliphatic heterocycles. The van der Waals surface area contributed by atoms with Crippen LogP contribution in [0, 0.1) is 0 Å². The zero-order chi connectivity index (χ0) is 18.0. The van der Waals surface area contributed by atoms with E-state index in [1.807, 2.05) is 0 Å². The van der Waals surface area contributed by atoms with Crippen molar-refractivity contribution in [1.29, 1.82) is 0 Å². The molecule has 2 aromatic rings. The summed E-state index contributed by atoms with van der Waals surface area (Å²) in [6, 6.07) is 6.11. The van der Waals surface area contributed by atoms with E-state index in [2.05, 4.69) is 10.4 Å². The molecule has 8 nitrogen and oxygen atoms in total. The number of ether oxygens (including phenoxy) is 1. The molecule has 1 amide bonds. The van der Waals surface area contributed by atoms with Gasteiger partial charge in [0.05, 0.1) is 29.3 Å². The Labute approximate surface area is 150 Å². The van der Waals surface area contributed by atoms with Crippen LogP contribution in [0.4, 0.5) is 5.69 Å². The molecular weight excluding hydrogens is 368 g/mol. The van der Waals surface area contributed by atoms with E-state index in [0.717, 1.165) is 0 Å². The summed E-state index contributed by atoms with van der Waals surface area (Å²) in [5.41, 5.74) is 0.555. The number of carbonyl (C=O) groups is 1. The average Bonchev–Trinajstić information content (AvgIpc) is 2.94. The molecule has 0 unspecified atom stereocenters. The number of hydrogen-bond acceptors (Lipinski definition) is 5. The van der Waals surface area contributed by atoms with Gasteiger partial charge in [-0.05, 0) is 18.2 Å². The number of nitrogens with one attached hydrogen (secondary N) is 1. The number of rotatable bonds is 4. The van der Waals surface area contributed by atoms with Gasteiger partial charge in [-0.1, -0.05) is 17.7 Å². The van der Waals surface area contributed by atoms with Gasteiger partial charge in [0.1, 0.15) is 5.69 Å². The van der Waals surface area contributed by atoms with Gasteiger partial charge in [-0.3, -0.25) is 9.48 Å². The highest BCUT2D eigenvalue weighted by molar-refractivity contribution is 7.89. The van der Waals surface area contributed by atoms with Crippen LogP contribution in [-0.2, 0) is 21.8 Å². The molecule has 1 fully saturated rings. The van der Waals surface area contributed by atoms with Crippen LogP contribution in [0.25, 0.3) is 0 Å². The molecule has 0 spiro atoms. The summed E-state index contributed by atoms with van der Waals surface area (Å²) in [5, 5.41) is 6.78. The van der Waals surface area contributed by atoms with Gasteiger partial charge in [-0.2, -0.15) is 9.40 Å². The topological polar surface area (TPSA) is 93.5 Å². The third-order valence-electron chi connectivity index (χ3n) is 3.81. The fourth-order valence-corrected chi connectivity index (χ4v) is 4.23. The Morgan fingerprint density at radius 3 is 2.68 bits per heavy atom. The maximum atomic E-state index is 12.7. The molecule has 1 aromatic heterocycles. The minimum Gasteiger partial charge on any atom is -0.379 e. The van der Waals surface area contributed by atoms with Crippen molar-refractivity contribution in [2.75, 3.05) is 31.6 Å². The summed E-state index contributed by atoms with van der Waals surface area (Å²) in [6.45, 7) is 1.36. The highest BCUT2D eigenvalue weighted by Crippen LogP contribution is 2.22. The second-order valence-corrected chi connectivity index (χ2v) is 7.81. The first-order chi connectivity index (χ1) is 11.9. The summed E-state index contributed by atoms with van der Waals surface area (Å²) in [7, 11) is -2.03. The molecule has 3 rings (SSSR count). The fraction of sp³-hybridized carbons (Fsp3) is 0.333. The number of nitrogens with zero attached hydrogens (tertiary/aromatic N) is 3. The lowest BCUT2D eigenvalue weighted by molar-refractivity contribution is 0.0730. The Hall–Kier alpha value is -1.94. The zero-order valence-corrected chi connectivity index (χ0v) is 15.0. The summed E-state index contributed by atoms with van der Waals surface area (Å²) in [6.07, 6.45) is 1.37. The molecule has 2 heterocycles. The number of amides is 1. The van der Waals surface area contributed by atoms with Crippen molar-refractivity contribution in [3.05, 3.63) is 41.2 Å². The van der Waals surface area contributed by atoms with Gasteiger partial charge in [-0.15, -0.1) is 0 Å². The smallest absolute Gasteiger partial charge is 0.275 e. The molecule has 134 valence electrons. The van der Waals surface area contributed by atoms with Crippen LogP contribution in [0.2, 0.25) is 5.02 Å². The van der Waals surface area contributed by atoms with E-state index < -0.39 is 15.9 Å². The van der Waals surface area contributed by atoms with Crippen molar-refractivity contribution >= 4 is 33.2 Å². The number of anilines is 1. The van der Waals surface area contributed by atoms with Crippen molar-refractivity contribution in [2.24, 2.45) is 7.05 Å². The van der Waals surface area contributed by atoms with Crippen LogP contribution >= 0.6 is 11.6 Å². The van der Waals surface area contributed by atoms with Gasteiger partial charge in [-0.25, -0.2) is 8.42 Å². The number of benzene rings is 1. The van der Waals surface area contributed by atoms with Crippen LogP contribution < -0.4 is 5.32 Å². The average molecular weight is 385 g/mol. The molecular formula is C15H17ClN4O4S. The summed E-state index contributed by atoms with van der Waals surface area (Å²) in [5.74, 6) is -0.467. The first kappa shape index (κ1) is 17.9. The normalized spacial score (nSPS) is 15.9. The van der Waals surface area contributed by atoms with E-state index in [1.54, 1.807) is 19.2 Å². The molecule has 0 aliphatic carbocycles. The van der Waals surface area contributed by atoms with Gasteiger partial charge in [0.15, 0.2) is 0 Å². The second kappa shape index (κ2) is 7.12. The van der Waals surface area contributed by atoms with Crippen molar-refractivity contribution in [3.63, 3.8) is 0 Å². The SMILES string of the molecule is Cn1ncc(Cl)c1C(=O)Nc1cccc(S(=O)(=O)N2CCOCC2)c1. The Balaban J connectivity index is 1.83. The number of morpholine rings is 1. The highest BCUT2D eigenvalue weighted by Gasteiger charge is 2.26. The van der Waals surface area contributed by atoms with Crippen LogP contribution in [0.5, 0.6) is 0 Å². The van der Waals surface area contributed by atoms with Gasteiger partial charge < -0.3 is 10.1 Å². The molecule has 1 N–H and O–H groups in total. The summed E-state index contributed by atoms with van der Waals surface area (Å²) in [4.78, 5) is 12.5.